The minimum atomic E-state index is -0.674. The summed E-state index contributed by atoms with van der Waals surface area (Å²) in [7, 11) is 0. The van der Waals surface area contributed by atoms with E-state index in [9.17, 15) is 10.1 Å². The van der Waals surface area contributed by atoms with Crippen molar-refractivity contribution in [1.29, 1.82) is 5.26 Å². The van der Waals surface area contributed by atoms with Crippen molar-refractivity contribution in [2.75, 3.05) is 6.61 Å². The van der Waals surface area contributed by atoms with Crippen LogP contribution < -0.4 is 24.7 Å². The van der Waals surface area contributed by atoms with Gasteiger partial charge in [0.2, 0.25) is 5.88 Å². The molecule has 0 bridgehead atoms. The first-order valence-electron chi connectivity index (χ1n) is 13.3. The van der Waals surface area contributed by atoms with Crippen LogP contribution in [0.3, 0.4) is 0 Å². The molecule has 7 nitrogen and oxygen atoms in total. The number of allylic oxidation sites excluding steroid dienone is 1. The summed E-state index contributed by atoms with van der Waals surface area (Å²) < 4.78 is 22.8. The SMILES string of the molecule is CCCOc1c(Cl)cc(C(=O)Oc2ccc3c(c2)OC(N)=C(C#N)C3c2ccc(OCc3ccccc3Cl)cc2)cc1Cl. The number of nitrogens with two attached hydrogens (primary N) is 1. The zero-order chi connectivity index (χ0) is 30.5. The molecule has 0 saturated carbocycles. The molecule has 0 amide bonds. The van der Waals surface area contributed by atoms with Gasteiger partial charge in [0.15, 0.2) is 5.75 Å². The molecule has 4 aromatic rings. The Labute approximate surface area is 263 Å². The number of hydrogen-bond acceptors (Lipinski definition) is 7. The van der Waals surface area contributed by atoms with Crippen LogP contribution in [0.1, 0.15) is 46.3 Å². The van der Waals surface area contributed by atoms with E-state index in [1.807, 2.05) is 55.5 Å². The topological polar surface area (TPSA) is 104 Å². The van der Waals surface area contributed by atoms with E-state index in [2.05, 4.69) is 6.07 Å². The van der Waals surface area contributed by atoms with Gasteiger partial charge in [-0.05, 0) is 48.4 Å². The second kappa shape index (κ2) is 13.3. The molecule has 4 aromatic carbocycles. The van der Waals surface area contributed by atoms with E-state index in [1.54, 1.807) is 18.2 Å². The number of carbonyl (C=O) groups excluding carboxylic acids is 1. The fraction of sp³-hybridized carbons (Fsp3) is 0.152. The number of benzene rings is 4. The van der Waals surface area contributed by atoms with Gasteiger partial charge in [-0.25, -0.2) is 4.79 Å². The monoisotopic (exact) mass is 634 g/mol. The van der Waals surface area contributed by atoms with Crippen LogP contribution in [0.25, 0.3) is 0 Å². The molecule has 10 heteroatoms. The number of carbonyl (C=O) groups is 1. The Morgan fingerprint density at radius 1 is 0.930 bits per heavy atom. The Balaban J connectivity index is 1.36. The molecule has 1 unspecified atom stereocenters. The third-order valence-electron chi connectivity index (χ3n) is 6.65. The number of nitrogens with zero attached hydrogens (tertiary/aromatic N) is 1. The number of esters is 1. The first kappa shape index (κ1) is 30.1. The van der Waals surface area contributed by atoms with E-state index >= 15 is 0 Å². The summed E-state index contributed by atoms with van der Waals surface area (Å²) in [6.45, 7) is 2.70. The van der Waals surface area contributed by atoms with Crippen LogP contribution >= 0.6 is 34.8 Å². The van der Waals surface area contributed by atoms with Crippen molar-refractivity contribution in [3.63, 3.8) is 0 Å². The lowest BCUT2D eigenvalue weighted by Gasteiger charge is -2.27. The van der Waals surface area contributed by atoms with Gasteiger partial charge in [0.1, 0.15) is 35.5 Å². The van der Waals surface area contributed by atoms with Gasteiger partial charge in [0.25, 0.3) is 0 Å². The third kappa shape index (κ3) is 6.68. The van der Waals surface area contributed by atoms with E-state index in [0.717, 1.165) is 17.5 Å². The summed E-state index contributed by atoms with van der Waals surface area (Å²) in [5.41, 5.74) is 8.92. The molecule has 1 atom stereocenters. The smallest absolute Gasteiger partial charge is 0.343 e. The Morgan fingerprint density at radius 3 is 2.30 bits per heavy atom. The average Bonchev–Trinajstić information content (AvgIpc) is 2.99. The Hall–Kier alpha value is -4.35. The van der Waals surface area contributed by atoms with E-state index in [1.165, 1.54) is 12.1 Å². The highest BCUT2D eigenvalue weighted by Crippen LogP contribution is 2.44. The summed E-state index contributed by atoms with van der Waals surface area (Å²) in [6.07, 6.45) is 0.775. The minimum absolute atomic E-state index is 0.0382. The fourth-order valence-corrected chi connectivity index (χ4v) is 5.35. The van der Waals surface area contributed by atoms with E-state index in [0.29, 0.717) is 41.0 Å². The quantitative estimate of drug-likeness (QED) is 0.145. The molecule has 1 aliphatic rings. The molecule has 218 valence electrons. The van der Waals surface area contributed by atoms with Gasteiger partial charge >= 0.3 is 5.97 Å². The minimum Gasteiger partial charge on any atom is -0.490 e. The van der Waals surface area contributed by atoms with Crippen molar-refractivity contribution < 1.29 is 23.7 Å². The van der Waals surface area contributed by atoms with Gasteiger partial charge < -0.3 is 24.7 Å². The van der Waals surface area contributed by atoms with Crippen molar-refractivity contribution >= 4 is 40.8 Å². The number of fused-ring (bicyclic) bond motifs is 1. The summed E-state index contributed by atoms with van der Waals surface area (Å²) >= 11 is 18.8. The van der Waals surface area contributed by atoms with E-state index in [4.69, 9.17) is 59.5 Å². The third-order valence-corrected chi connectivity index (χ3v) is 7.58. The van der Waals surface area contributed by atoms with E-state index in [-0.39, 0.29) is 32.8 Å². The van der Waals surface area contributed by atoms with Gasteiger partial charge in [-0.2, -0.15) is 5.26 Å². The first-order chi connectivity index (χ1) is 20.8. The average molecular weight is 636 g/mol. The van der Waals surface area contributed by atoms with Crippen LogP contribution in [-0.4, -0.2) is 12.6 Å². The molecule has 1 aliphatic heterocycles. The molecule has 43 heavy (non-hydrogen) atoms. The molecule has 0 fully saturated rings. The lowest BCUT2D eigenvalue weighted by atomic mass is 9.83. The zero-order valence-corrected chi connectivity index (χ0v) is 25.2. The molecule has 0 spiro atoms. The second-order valence-electron chi connectivity index (χ2n) is 9.58. The lowest BCUT2D eigenvalue weighted by molar-refractivity contribution is 0.0734. The van der Waals surface area contributed by atoms with Crippen LogP contribution in [0, 0.1) is 11.3 Å². The largest absolute Gasteiger partial charge is 0.490 e. The summed E-state index contributed by atoms with van der Waals surface area (Å²) in [4.78, 5) is 12.9. The van der Waals surface area contributed by atoms with Gasteiger partial charge in [-0.1, -0.05) is 78.1 Å². The van der Waals surface area contributed by atoms with Gasteiger partial charge in [0, 0.05) is 22.2 Å². The summed E-state index contributed by atoms with van der Waals surface area (Å²) in [5.74, 6) is 0.284. The Morgan fingerprint density at radius 2 is 1.63 bits per heavy atom. The summed E-state index contributed by atoms with van der Waals surface area (Å²) in [5, 5.41) is 10.9. The van der Waals surface area contributed by atoms with Crippen LogP contribution in [0.4, 0.5) is 0 Å². The number of nitriles is 1. The van der Waals surface area contributed by atoms with Crippen LogP contribution in [0.15, 0.2) is 90.3 Å². The molecule has 0 aromatic heterocycles. The van der Waals surface area contributed by atoms with Crippen molar-refractivity contribution in [3.8, 4) is 29.1 Å². The number of hydrogen-bond donors (Lipinski definition) is 1. The normalized spacial score (nSPS) is 13.9. The van der Waals surface area contributed by atoms with Crippen molar-refractivity contribution in [2.45, 2.75) is 25.9 Å². The maximum Gasteiger partial charge on any atom is 0.343 e. The molecule has 0 radical (unpaired) electrons. The Bertz CT molecular complexity index is 1730. The number of rotatable bonds is 9. The number of ether oxygens (including phenoxy) is 4. The molecule has 1 heterocycles. The lowest BCUT2D eigenvalue weighted by Crippen LogP contribution is -2.21. The molecule has 0 aliphatic carbocycles. The fourth-order valence-electron chi connectivity index (χ4n) is 4.56. The Kier molecular flexibility index (Phi) is 9.32. The molecule has 0 saturated heterocycles. The highest BCUT2D eigenvalue weighted by Gasteiger charge is 2.31. The highest BCUT2D eigenvalue weighted by molar-refractivity contribution is 6.37. The summed E-state index contributed by atoms with van der Waals surface area (Å²) in [6, 6.07) is 24.8. The molecular formula is C33H25Cl3N2O5. The molecular weight excluding hydrogens is 611 g/mol. The number of halogens is 3. The van der Waals surface area contributed by atoms with Gasteiger partial charge in [0.05, 0.1) is 28.1 Å². The predicted octanol–water partition coefficient (Wildman–Crippen LogP) is 8.45. The second-order valence-corrected chi connectivity index (χ2v) is 10.8. The molecule has 5 rings (SSSR count). The highest BCUT2D eigenvalue weighted by atomic mass is 35.5. The van der Waals surface area contributed by atoms with Crippen molar-refractivity contribution in [3.05, 3.63) is 128 Å². The van der Waals surface area contributed by atoms with Gasteiger partial charge in [-0.15, -0.1) is 0 Å². The van der Waals surface area contributed by atoms with Crippen molar-refractivity contribution in [1.82, 2.24) is 0 Å². The standard InChI is InChI=1S/C33H25Cl3N2O5/c1-2-13-40-31-27(35)14-21(15-28(31)36)33(39)42-23-11-12-24-29(16-23)43-32(38)25(17-37)30(24)19-7-9-22(10-8-19)41-18-20-5-3-4-6-26(20)34/h3-12,14-16,30H,2,13,18,38H2,1H3. The van der Waals surface area contributed by atoms with Crippen molar-refractivity contribution in [2.24, 2.45) is 5.73 Å². The maximum atomic E-state index is 12.9. The first-order valence-corrected chi connectivity index (χ1v) is 14.4. The predicted molar refractivity (Wildman–Crippen MR) is 165 cm³/mol. The van der Waals surface area contributed by atoms with E-state index < -0.39 is 11.9 Å². The maximum absolute atomic E-state index is 12.9. The zero-order valence-electron chi connectivity index (χ0n) is 22.9. The van der Waals surface area contributed by atoms with Crippen LogP contribution in [-0.2, 0) is 6.61 Å². The van der Waals surface area contributed by atoms with Gasteiger partial charge in [-0.3, -0.25) is 0 Å². The van der Waals surface area contributed by atoms with Crippen LogP contribution in [0.5, 0.6) is 23.0 Å². The van der Waals surface area contributed by atoms with Crippen LogP contribution in [0.2, 0.25) is 15.1 Å². The molecule has 2 N–H and O–H groups in total.